The van der Waals surface area contributed by atoms with Crippen molar-refractivity contribution in [1.82, 2.24) is 20.1 Å². The Labute approximate surface area is 143 Å². The van der Waals surface area contributed by atoms with Crippen molar-refractivity contribution in [3.05, 3.63) is 30.1 Å². The molecule has 1 aromatic heterocycles. The normalized spacial score (nSPS) is 24.8. The number of piperazine rings is 1. The molecule has 0 spiro atoms. The maximum Gasteiger partial charge on any atom is 0.244 e. The number of aliphatic hydroxyl groups is 1. The predicted octanol–water partition coefficient (Wildman–Crippen LogP) is 0.790. The van der Waals surface area contributed by atoms with E-state index in [-0.39, 0.29) is 18.1 Å². The standard InChI is InChI=1S/C18H28N4O2/c1-2-15-13-20-9-12-22(15)17(14-3-7-19-8-4-14)18(24)21-10-5-16(23)6-11-21/h3-4,7-8,15-17,20,23H,2,5-6,9-13H2,1H3. The van der Waals surface area contributed by atoms with Gasteiger partial charge in [0.05, 0.1) is 6.10 Å². The molecule has 2 aliphatic rings. The van der Waals surface area contributed by atoms with E-state index in [4.69, 9.17) is 0 Å². The van der Waals surface area contributed by atoms with Gasteiger partial charge in [0.15, 0.2) is 0 Å². The lowest BCUT2D eigenvalue weighted by molar-refractivity contribution is -0.141. The van der Waals surface area contributed by atoms with E-state index in [9.17, 15) is 9.90 Å². The van der Waals surface area contributed by atoms with E-state index in [2.05, 4.69) is 22.1 Å². The lowest BCUT2D eigenvalue weighted by Crippen LogP contribution is -2.56. The fourth-order valence-corrected chi connectivity index (χ4v) is 3.78. The SMILES string of the molecule is CCC1CNCCN1C(C(=O)N1CCC(O)CC1)c1ccncc1. The zero-order chi connectivity index (χ0) is 16.9. The van der Waals surface area contributed by atoms with Crippen molar-refractivity contribution in [2.45, 2.75) is 44.4 Å². The summed E-state index contributed by atoms with van der Waals surface area (Å²) in [4.78, 5) is 21.7. The van der Waals surface area contributed by atoms with E-state index in [1.807, 2.05) is 17.0 Å². The van der Waals surface area contributed by atoms with Crippen LogP contribution in [0.4, 0.5) is 0 Å². The molecule has 1 aromatic rings. The van der Waals surface area contributed by atoms with Crippen molar-refractivity contribution in [3.63, 3.8) is 0 Å². The summed E-state index contributed by atoms with van der Waals surface area (Å²) in [6.45, 7) is 6.16. The van der Waals surface area contributed by atoms with E-state index in [0.29, 0.717) is 32.0 Å². The number of pyridine rings is 1. The van der Waals surface area contributed by atoms with E-state index in [1.165, 1.54) is 0 Å². The van der Waals surface area contributed by atoms with Gasteiger partial charge in [0.25, 0.3) is 0 Å². The molecule has 24 heavy (non-hydrogen) atoms. The molecule has 2 fully saturated rings. The van der Waals surface area contributed by atoms with Crippen LogP contribution in [0.5, 0.6) is 0 Å². The third-order valence-electron chi connectivity index (χ3n) is 5.23. The maximum absolute atomic E-state index is 13.3. The van der Waals surface area contributed by atoms with Crippen molar-refractivity contribution < 1.29 is 9.90 Å². The first-order chi connectivity index (χ1) is 11.7. The first-order valence-electron chi connectivity index (χ1n) is 9.04. The molecule has 2 unspecified atom stereocenters. The summed E-state index contributed by atoms with van der Waals surface area (Å²) in [5, 5.41) is 13.2. The Morgan fingerprint density at radius 1 is 1.33 bits per heavy atom. The summed E-state index contributed by atoms with van der Waals surface area (Å²) in [5.41, 5.74) is 1.02. The topological polar surface area (TPSA) is 68.7 Å². The molecular weight excluding hydrogens is 304 g/mol. The highest BCUT2D eigenvalue weighted by atomic mass is 16.3. The maximum atomic E-state index is 13.3. The monoisotopic (exact) mass is 332 g/mol. The van der Waals surface area contributed by atoms with E-state index in [1.54, 1.807) is 12.4 Å². The molecule has 0 aromatic carbocycles. The van der Waals surface area contributed by atoms with Crippen LogP contribution >= 0.6 is 0 Å². The number of aliphatic hydroxyl groups excluding tert-OH is 1. The Morgan fingerprint density at radius 2 is 2.04 bits per heavy atom. The van der Waals surface area contributed by atoms with Crippen LogP contribution in [-0.4, -0.2) is 70.7 Å². The number of hydrogen-bond donors (Lipinski definition) is 2. The Kier molecular flexibility index (Phi) is 5.81. The van der Waals surface area contributed by atoms with E-state index >= 15 is 0 Å². The van der Waals surface area contributed by atoms with Crippen LogP contribution in [0.15, 0.2) is 24.5 Å². The molecule has 0 saturated carbocycles. The second-order valence-corrected chi connectivity index (χ2v) is 6.74. The average Bonchev–Trinajstić information content (AvgIpc) is 2.64. The summed E-state index contributed by atoms with van der Waals surface area (Å²) < 4.78 is 0. The van der Waals surface area contributed by atoms with Crippen LogP contribution in [0.1, 0.15) is 37.8 Å². The Hall–Kier alpha value is -1.50. The van der Waals surface area contributed by atoms with Gasteiger partial charge in [-0.05, 0) is 37.0 Å². The highest BCUT2D eigenvalue weighted by Gasteiger charge is 2.36. The van der Waals surface area contributed by atoms with Crippen LogP contribution in [0.25, 0.3) is 0 Å². The summed E-state index contributed by atoms with van der Waals surface area (Å²) in [5.74, 6) is 0.161. The van der Waals surface area contributed by atoms with Crippen molar-refractivity contribution >= 4 is 5.91 Å². The number of rotatable bonds is 4. The van der Waals surface area contributed by atoms with Crippen LogP contribution in [0.2, 0.25) is 0 Å². The number of nitrogens with zero attached hydrogens (tertiary/aromatic N) is 3. The van der Waals surface area contributed by atoms with Crippen LogP contribution in [0, 0.1) is 0 Å². The molecule has 6 nitrogen and oxygen atoms in total. The van der Waals surface area contributed by atoms with Gasteiger partial charge in [-0.1, -0.05) is 6.92 Å². The highest BCUT2D eigenvalue weighted by Crippen LogP contribution is 2.28. The fourth-order valence-electron chi connectivity index (χ4n) is 3.78. The van der Waals surface area contributed by atoms with Crippen molar-refractivity contribution in [2.24, 2.45) is 0 Å². The molecule has 6 heteroatoms. The number of amides is 1. The minimum atomic E-state index is -0.268. The highest BCUT2D eigenvalue weighted by molar-refractivity contribution is 5.83. The van der Waals surface area contributed by atoms with Gasteiger partial charge in [0.2, 0.25) is 5.91 Å². The van der Waals surface area contributed by atoms with Gasteiger partial charge in [0.1, 0.15) is 6.04 Å². The number of likely N-dealkylation sites (tertiary alicyclic amines) is 1. The van der Waals surface area contributed by atoms with Gasteiger partial charge < -0.3 is 15.3 Å². The summed E-state index contributed by atoms with van der Waals surface area (Å²) in [6.07, 6.45) is 5.62. The van der Waals surface area contributed by atoms with Gasteiger partial charge in [-0.15, -0.1) is 0 Å². The number of carbonyl (C=O) groups excluding carboxylic acids is 1. The average molecular weight is 332 g/mol. The van der Waals surface area contributed by atoms with Gasteiger partial charge in [0, 0.05) is 51.2 Å². The third-order valence-corrected chi connectivity index (χ3v) is 5.23. The number of piperidine rings is 1. The number of aromatic nitrogens is 1. The Bertz CT molecular complexity index is 531. The molecule has 2 aliphatic heterocycles. The summed E-state index contributed by atoms with van der Waals surface area (Å²) >= 11 is 0. The molecule has 0 bridgehead atoms. The van der Waals surface area contributed by atoms with Crippen LogP contribution in [-0.2, 0) is 4.79 Å². The van der Waals surface area contributed by atoms with Gasteiger partial charge in [-0.3, -0.25) is 14.7 Å². The number of hydrogen-bond acceptors (Lipinski definition) is 5. The minimum Gasteiger partial charge on any atom is -0.393 e. The molecule has 2 atom stereocenters. The molecule has 3 rings (SSSR count). The molecule has 2 N–H and O–H groups in total. The molecule has 0 aliphatic carbocycles. The molecule has 1 amide bonds. The number of nitrogens with one attached hydrogen (secondary N) is 1. The zero-order valence-electron chi connectivity index (χ0n) is 14.4. The lowest BCUT2D eigenvalue weighted by Gasteiger charge is -2.43. The second kappa shape index (κ2) is 8.05. The van der Waals surface area contributed by atoms with Crippen molar-refractivity contribution in [2.75, 3.05) is 32.7 Å². The van der Waals surface area contributed by atoms with Gasteiger partial charge in [-0.25, -0.2) is 0 Å². The summed E-state index contributed by atoms with van der Waals surface area (Å²) in [6, 6.07) is 4.01. The van der Waals surface area contributed by atoms with Gasteiger partial charge in [-0.2, -0.15) is 0 Å². The molecular formula is C18H28N4O2. The van der Waals surface area contributed by atoms with Crippen LogP contribution in [0.3, 0.4) is 0 Å². The minimum absolute atomic E-state index is 0.161. The Balaban J connectivity index is 1.86. The van der Waals surface area contributed by atoms with E-state index in [0.717, 1.165) is 31.6 Å². The second-order valence-electron chi connectivity index (χ2n) is 6.74. The van der Waals surface area contributed by atoms with Gasteiger partial charge >= 0.3 is 0 Å². The smallest absolute Gasteiger partial charge is 0.244 e. The molecule has 132 valence electrons. The fraction of sp³-hybridized carbons (Fsp3) is 0.667. The van der Waals surface area contributed by atoms with Crippen molar-refractivity contribution in [3.8, 4) is 0 Å². The zero-order valence-corrected chi connectivity index (χ0v) is 14.4. The largest absolute Gasteiger partial charge is 0.393 e. The number of carbonyl (C=O) groups is 1. The lowest BCUT2D eigenvalue weighted by atomic mass is 9.98. The molecule has 3 heterocycles. The first kappa shape index (κ1) is 17.3. The molecule has 0 radical (unpaired) electrons. The first-order valence-corrected chi connectivity index (χ1v) is 9.04. The van der Waals surface area contributed by atoms with E-state index < -0.39 is 0 Å². The predicted molar refractivity (Wildman–Crippen MR) is 92.5 cm³/mol. The van der Waals surface area contributed by atoms with Crippen LogP contribution < -0.4 is 5.32 Å². The third kappa shape index (κ3) is 3.77. The van der Waals surface area contributed by atoms with Crippen molar-refractivity contribution in [1.29, 1.82) is 0 Å². The molecule has 2 saturated heterocycles. The summed E-state index contributed by atoms with van der Waals surface area (Å²) in [7, 11) is 0. The quantitative estimate of drug-likeness (QED) is 0.853. The Morgan fingerprint density at radius 3 is 2.71 bits per heavy atom.